The average Bonchev–Trinajstić information content (AvgIpc) is 3.54. The first kappa shape index (κ1) is 36.6. The molecule has 0 saturated heterocycles. The van der Waals surface area contributed by atoms with Crippen molar-refractivity contribution in [2.45, 2.75) is 72.6 Å². The van der Waals surface area contributed by atoms with Gasteiger partial charge in [0.2, 0.25) is 0 Å². The molecular weight excluding hydrogens is 659 g/mol. The number of aromatic nitrogens is 2. The summed E-state index contributed by atoms with van der Waals surface area (Å²) in [5.74, 6) is 1.71. The predicted octanol–water partition coefficient (Wildman–Crippen LogP) is 13.3. The molecule has 1 aromatic heterocycles. The lowest BCUT2D eigenvalue weighted by Crippen LogP contribution is -2.17. The first-order valence-corrected chi connectivity index (χ1v) is 19.1. The number of fused-ring (bicyclic) bond motifs is 1. The third-order valence-corrected chi connectivity index (χ3v) is 10.1. The van der Waals surface area contributed by atoms with Crippen molar-refractivity contribution in [1.29, 1.82) is 0 Å². The molecule has 0 fully saturated rings. The van der Waals surface area contributed by atoms with Crippen molar-refractivity contribution in [3.8, 4) is 45.1 Å². The molecule has 7 aromatic rings. The monoisotopic (exact) mass is 709 g/mol. The molecule has 0 bridgehead atoms. The maximum atomic E-state index is 11.5. The van der Waals surface area contributed by atoms with E-state index in [1.807, 2.05) is 24.3 Å². The summed E-state index contributed by atoms with van der Waals surface area (Å²) in [5.41, 5.74) is 13.0. The Morgan fingerprint density at radius 1 is 0.667 bits per heavy atom. The van der Waals surface area contributed by atoms with Crippen LogP contribution in [0, 0.1) is 5.92 Å². The lowest BCUT2D eigenvalue weighted by molar-refractivity contribution is 0.444. The Kier molecular flexibility index (Phi) is 9.89. The van der Waals surface area contributed by atoms with Crippen molar-refractivity contribution < 1.29 is 5.11 Å². The molecule has 7 rings (SSSR count). The summed E-state index contributed by atoms with van der Waals surface area (Å²) in [7, 11) is 0. The van der Waals surface area contributed by atoms with E-state index >= 15 is 0 Å². The Bertz CT molecular complexity index is 2440. The summed E-state index contributed by atoms with van der Waals surface area (Å²) in [6.45, 7) is 17.5. The normalized spacial score (nSPS) is 12.3. The molecule has 0 amide bonds. The fourth-order valence-electron chi connectivity index (χ4n) is 7.17. The van der Waals surface area contributed by atoms with Crippen LogP contribution in [0.25, 0.3) is 50.4 Å². The molecule has 1 heterocycles. The number of benzene rings is 6. The van der Waals surface area contributed by atoms with Crippen LogP contribution in [-0.4, -0.2) is 20.9 Å². The molecule has 4 heteroatoms. The van der Waals surface area contributed by atoms with E-state index in [-0.39, 0.29) is 16.6 Å². The van der Waals surface area contributed by atoms with E-state index in [0.717, 1.165) is 62.5 Å². The smallest absolute Gasteiger partial charge is 0.147 e. The van der Waals surface area contributed by atoms with Crippen LogP contribution in [0.5, 0.6) is 5.75 Å². The average molecular weight is 710 g/mol. The summed E-state index contributed by atoms with van der Waals surface area (Å²) in [5, 5.41) is 11.5. The van der Waals surface area contributed by atoms with Crippen molar-refractivity contribution in [1.82, 2.24) is 9.55 Å². The Balaban J connectivity index is 1.33. The summed E-state index contributed by atoms with van der Waals surface area (Å²) < 4.78 is 2.23. The predicted molar refractivity (Wildman–Crippen MR) is 229 cm³/mol. The molecule has 272 valence electrons. The molecule has 6 aromatic carbocycles. The number of hydrogen-bond acceptors (Lipinski definition) is 3. The van der Waals surface area contributed by atoms with E-state index in [9.17, 15) is 5.11 Å². The number of phenols is 1. The van der Waals surface area contributed by atoms with E-state index in [2.05, 4.69) is 169 Å². The molecule has 1 N–H and O–H groups in total. The molecule has 0 unspecified atom stereocenters. The van der Waals surface area contributed by atoms with Crippen molar-refractivity contribution in [2.75, 3.05) is 0 Å². The van der Waals surface area contributed by atoms with Crippen molar-refractivity contribution in [2.24, 2.45) is 10.9 Å². The second kappa shape index (κ2) is 14.6. The van der Waals surface area contributed by atoms with Crippen molar-refractivity contribution in [3.63, 3.8) is 0 Å². The zero-order chi connectivity index (χ0) is 38.2. The third kappa shape index (κ3) is 7.52. The minimum atomic E-state index is -0.233. The third-order valence-electron chi connectivity index (χ3n) is 10.1. The largest absolute Gasteiger partial charge is 0.507 e. The lowest BCUT2D eigenvalue weighted by Gasteiger charge is -2.27. The number of imidazole rings is 1. The van der Waals surface area contributed by atoms with Crippen LogP contribution in [0.4, 0.5) is 5.69 Å². The highest BCUT2D eigenvalue weighted by Gasteiger charge is 2.25. The Morgan fingerprint density at radius 3 is 1.93 bits per heavy atom. The molecular formula is C50H51N3O. The number of aromatic hydroxyl groups is 1. The van der Waals surface area contributed by atoms with Gasteiger partial charge in [-0.2, -0.15) is 0 Å². The SMILES string of the molecule is CC(C)Cc1ccc(-c2ccc(-c3cccc4c3nc(-c3ccccc3N=Cc3cc(C(C)(C)C)cc(C(C)(C)C)c3O)n4-c3ccccc3)cc2)cc1. The van der Waals surface area contributed by atoms with E-state index in [0.29, 0.717) is 11.5 Å². The Labute approximate surface area is 320 Å². The Hall–Kier alpha value is -5.74. The molecule has 0 aliphatic heterocycles. The molecule has 0 atom stereocenters. The van der Waals surface area contributed by atoms with Crippen LogP contribution in [-0.2, 0) is 17.3 Å². The van der Waals surface area contributed by atoms with E-state index in [1.54, 1.807) is 6.21 Å². The van der Waals surface area contributed by atoms with Gasteiger partial charge in [0.1, 0.15) is 11.6 Å². The molecule has 4 nitrogen and oxygen atoms in total. The number of phenolic OH excluding ortho intramolecular Hbond substituents is 1. The fraction of sp³-hybridized carbons (Fsp3) is 0.240. The van der Waals surface area contributed by atoms with Crippen LogP contribution < -0.4 is 0 Å². The highest BCUT2D eigenvalue weighted by atomic mass is 16.3. The Morgan fingerprint density at radius 2 is 1.28 bits per heavy atom. The molecule has 0 spiro atoms. The molecule has 54 heavy (non-hydrogen) atoms. The van der Waals surface area contributed by atoms with Gasteiger partial charge < -0.3 is 5.11 Å². The minimum absolute atomic E-state index is 0.0917. The van der Waals surface area contributed by atoms with Gasteiger partial charge in [-0.15, -0.1) is 0 Å². The number of rotatable bonds is 8. The quantitative estimate of drug-likeness (QED) is 0.160. The second-order valence-corrected chi connectivity index (χ2v) is 16.9. The van der Waals surface area contributed by atoms with E-state index in [1.165, 1.54) is 16.7 Å². The minimum Gasteiger partial charge on any atom is -0.507 e. The van der Waals surface area contributed by atoms with Gasteiger partial charge in [-0.25, -0.2) is 4.98 Å². The molecule has 0 radical (unpaired) electrons. The topological polar surface area (TPSA) is 50.4 Å². The van der Waals surface area contributed by atoms with Gasteiger partial charge in [0.05, 0.1) is 16.7 Å². The van der Waals surface area contributed by atoms with Gasteiger partial charge in [-0.1, -0.05) is 152 Å². The van der Waals surface area contributed by atoms with Gasteiger partial charge >= 0.3 is 0 Å². The number of para-hydroxylation sites is 3. The van der Waals surface area contributed by atoms with Gasteiger partial charge in [0, 0.05) is 34.2 Å². The molecule has 0 aliphatic carbocycles. The van der Waals surface area contributed by atoms with Crippen LogP contribution in [0.15, 0.2) is 138 Å². The van der Waals surface area contributed by atoms with Crippen molar-refractivity contribution in [3.05, 3.63) is 156 Å². The van der Waals surface area contributed by atoms with Gasteiger partial charge in [-0.05, 0) is 87.4 Å². The van der Waals surface area contributed by atoms with Crippen LogP contribution >= 0.6 is 0 Å². The summed E-state index contributed by atoms with van der Waals surface area (Å²) in [6, 6.07) is 46.9. The maximum absolute atomic E-state index is 11.5. The second-order valence-electron chi connectivity index (χ2n) is 16.9. The van der Waals surface area contributed by atoms with Gasteiger partial charge in [-0.3, -0.25) is 9.56 Å². The fourth-order valence-corrected chi connectivity index (χ4v) is 7.17. The molecule has 0 aliphatic rings. The first-order valence-electron chi connectivity index (χ1n) is 19.1. The summed E-state index contributed by atoms with van der Waals surface area (Å²) >= 11 is 0. The lowest BCUT2D eigenvalue weighted by atomic mass is 9.79. The molecule has 0 saturated carbocycles. The number of hydrogen-bond donors (Lipinski definition) is 1. The van der Waals surface area contributed by atoms with Gasteiger partial charge in [0.25, 0.3) is 0 Å². The van der Waals surface area contributed by atoms with Gasteiger partial charge in [0.15, 0.2) is 0 Å². The van der Waals surface area contributed by atoms with Crippen LogP contribution in [0.2, 0.25) is 0 Å². The summed E-state index contributed by atoms with van der Waals surface area (Å²) in [4.78, 5) is 10.5. The first-order chi connectivity index (χ1) is 25.8. The highest BCUT2D eigenvalue weighted by Crippen LogP contribution is 2.40. The standard InChI is InChI=1S/C50H51N3O/c1-33(2)29-34-21-23-35(24-22-34)36-25-27-37(28-26-36)41-18-14-20-45-46(41)52-48(53(45)40-15-10-9-11-16-40)42-17-12-13-19-44(42)51-32-38-30-39(49(3,4)5)31-43(47(38)54)50(6,7)8/h9-28,30-33,54H,29H2,1-8H3. The number of nitrogens with zero attached hydrogens (tertiary/aromatic N) is 3. The van der Waals surface area contributed by atoms with E-state index < -0.39 is 0 Å². The highest BCUT2D eigenvalue weighted by molar-refractivity contribution is 5.97. The number of aliphatic imine (C=N–C) groups is 1. The van der Waals surface area contributed by atoms with Crippen LogP contribution in [0.1, 0.15) is 77.6 Å². The maximum Gasteiger partial charge on any atom is 0.147 e. The zero-order valence-electron chi connectivity index (χ0n) is 32.9. The zero-order valence-corrected chi connectivity index (χ0v) is 32.9. The van der Waals surface area contributed by atoms with Crippen molar-refractivity contribution >= 4 is 22.9 Å². The summed E-state index contributed by atoms with van der Waals surface area (Å²) in [6.07, 6.45) is 2.89. The van der Waals surface area contributed by atoms with Crippen LogP contribution in [0.3, 0.4) is 0 Å². The van der Waals surface area contributed by atoms with E-state index in [4.69, 9.17) is 9.98 Å².